The van der Waals surface area contributed by atoms with Crippen molar-refractivity contribution in [1.82, 2.24) is 4.90 Å². The van der Waals surface area contributed by atoms with Gasteiger partial charge in [0, 0.05) is 19.6 Å². The quantitative estimate of drug-likeness (QED) is 0.655. The third kappa shape index (κ3) is 7.23. The Morgan fingerprint density at radius 3 is 2.06 bits per heavy atom. The average molecular weight is 231 g/mol. The molecule has 1 unspecified atom stereocenters. The van der Waals surface area contributed by atoms with Crippen molar-refractivity contribution in [2.45, 2.75) is 27.2 Å². The molecule has 16 heavy (non-hydrogen) atoms. The van der Waals surface area contributed by atoms with E-state index in [2.05, 4.69) is 0 Å². The first-order valence-corrected chi connectivity index (χ1v) is 5.49. The fourth-order valence-electron chi connectivity index (χ4n) is 1.49. The Labute approximate surface area is 96.1 Å². The van der Waals surface area contributed by atoms with E-state index in [0.29, 0.717) is 19.0 Å². The highest BCUT2D eigenvalue weighted by Gasteiger charge is 2.17. The Morgan fingerprint density at radius 1 is 1.12 bits per heavy atom. The summed E-state index contributed by atoms with van der Waals surface area (Å²) in [6, 6.07) is 0. The van der Waals surface area contributed by atoms with E-state index < -0.39 is 17.9 Å². The Morgan fingerprint density at radius 2 is 1.69 bits per heavy atom. The molecule has 0 saturated carbocycles. The first-order chi connectivity index (χ1) is 7.32. The van der Waals surface area contributed by atoms with Crippen LogP contribution in [0.2, 0.25) is 0 Å². The Kier molecular flexibility index (Phi) is 6.72. The molecule has 0 bridgehead atoms. The summed E-state index contributed by atoms with van der Waals surface area (Å²) >= 11 is 0. The molecular weight excluding hydrogens is 210 g/mol. The van der Waals surface area contributed by atoms with Crippen molar-refractivity contribution in [2.24, 2.45) is 11.8 Å². The van der Waals surface area contributed by atoms with Crippen LogP contribution in [0.3, 0.4) is 0 Å². The second-order valence-corrected chi connectivity index (χ2v) is 4.54. The van der Waals surface area contributed by atoms with Gasteiger partial charge in [0.15, 0.2) is 0 Å². The molecule has 0 amide bonds. The minimum Gasteiger partial charge on any atom is -0.481 e. The predicted octanol–water partition coefficient (Wildman–Crippen LogP) is 1.14. The number of rotatable bonds is 8. The molecule has 0 aromatic carbocycles. The zero-order chi connectivity index (χ0) is 12.7. The molecule has 94 valence electrons. The molecule has 1 atom stereocenters. The van der Waals surface area contributed by atoms with Gasteiger partial charge in [0.2, 0.25) is 0 Å². The molecule has 0 aliphatic rings. The van der Waals surface area contributed by atoms with Crippen LogP contribution < -0.4 is 0 Å². The molecule has 0 aromatic heterocycles. The van der Waals surface area contributed by atoms with Gasteiger partial charge in [-0.3, -0.25) is 9.59 Å². The van der Waals surface area contributed by atoms with E-state index >= 15 is 0 Å². The van der Waals surface area contributed by atoms with Crippen LogP contribution in [0.25, 0.3) is 0 Å². The van der Waals surface area contributed by atoms with E-state index in [1.807, 2.05) is 18.7 Å². The summed E-state index contributed by atoms with van der Waals surface area (Å²) in [5, 5.41) is 17.4. The summed E-state index contributed by atoms with van der Waals surface area (Å²) in [6.07, 6.45) is 0.0546. The van der Waals surface area contributed by atoms with Crippen molar-refractivity contribution >= 4 is 11.9 Å². The van der Waals surface area contributed by atoms with E-state index in [-0.39, 0.29) is 6.42 Å². The average Bonchev–Trinajstić information content (AvgIpc) is 2.12. The fraction of sp³-hybridized carbons (Fsp3) is 0.818. The SMILES string of the molecule is CC(C)CN(CCC(=O)O)CC(C)C(=O)O. The van der Waals surface area contributed by atoms with E-state index in [0.717, 1.165) is 6.54 Å². The fourth-order valence-corrected chi connectivity index (χ4v) is 1.49. The minimum atomic E-state index is -0.850. The largest absolute Gasteiger partial charge is 0.481 e. The summed E-state index contributed by atoms with van der Waals surface area (Å²) in [5.74, 6) is -1.76. The third-order valence-corrected chi connectivity index (χ3v) is 2.22. The highest BCUT2D eigenvalue weighted by Crippen LogP contribution is 2.05. The molecule has 0 aliphatic heterocycles. The third-order valence-electron chi connectivity index (χ3n) is 2.22. The Hall–Kier alpha value is -1.10. The van der Waals surface area contributed by atoms with Gasteiger partial charge in [-0.2, -0.15) is 0 Å². The summed E-state index contributed by atoms with van der Waals surface area (Å²) in [7, 11) is 0. The van der Waals surface area contributed by atoms with Gasteiger partial charge in [-0.1, -0.05) is 20.8 Å². The summed E-state index contributed by atoms with van der Waals surface area (Å²) in [6.45, 7) is 7.23. The van der Waals surface area contributed by atoms with Crippen LogP contribution in [0, 0.1) is 11.8 Å². The van der Waals surface area contributed by atoms with Gasteiger partial charge in [0.25, 0.3) is 0 Å². The summed E-state index contributed by atoms with van der Waals surface area (Å²) in [4.78, 5) is 23.1. The second-order valence-electron chi connectivity index (χ2n) is 4.54. The van der Waals surface area contributed by atoms with Crippen molar-refractivity contribution in [3.05, 3.63) is 0 Å². The molecule has 0 rings (SSSR count). The van der Waals surface area contributed by atoms with Crippen LogP contribution in [0.5, 0.6) is 0 Å². The monoisotopic (exact) mass is 231 g/mol. The lowest BCUT2D eigenvalue weighted by Crippen LogP contribution is -2.36. The maximum Gasteiger partial charge on any atom is 0.307 e. The molecule has 0 saturated heterocycles. The Bertz CT molecular complexity index is 240. The molecule has 0 spiro atoms. The van der Waals surface area contributed by atoms with Crippen molar-refractivity contribution in [2.75, 3.05) is 19.6 Å². The lowest BCUT2D eigenvalue weighted by atomic mass is 10.1. The van der Waals surface area contributed by atoms with E-state index in [1.54, 1.807) is 6.92 Å². The lowest BCUT2D eigenvalue weighted by Gasteiger charge is -2.25. The van der Waals surface area contributed by atoms with Gasteiger partial charge in [-0.25, -0.2) is 0 Å². The smallest absolute Gasteiger partial charge is 0.307 e. The number of hydrogen-bond acceptors (Lipinski definition) is 3. The molecule has 0 fully saturated rings. The first kappa shape index (κ1) is 14.9. The molecule has 0 heterocycles. The molecule has 5 heteroatoms. The van der Waals surface area contributed by atoms with E-state index in [4.69, 9.17) is 10.2 Å². The zero-order valence-corrected chi connectivity index (χ0v) is 10.1. The number of nitrogens with zero attached hydrogens (tertiary/aromatic N) is 1. The minimum absolute atomic E-state index is 0.0546. The molecule has 0 radical (unpaired) electrons. The highest BCUT2D eigenvalue weighted by atomic mass is 16.4. The van der Waals surface area contributed by atoms with Gasteiger partial charge >= 0.3 is 11.9 Å². The van der Waals surface area contributed by atoms with Crippen LogP contribution in [0.4, 0.5) is 0 Å². The van der Waals surface area contributed by atoms with Crippen molar-refractivity contribution in [1.29, 1.82) is 0 Å². The van der Waals surface area contributed by atoms with Gasteiger partial charge in [-0.15, -0.1) is 0 Å². The van der Waals surface area contributed by atoms with Crippen molar-refractivity contribution in [3.8, 4) is 0 Å². The number of hydrogen-bond donors (Lipinski definition) is 2. The zero-order valence-electron chi connectivity index (χ0n) is 10.1. The van der Waals surface area contributed by atoms with Crippen LogP contribution in [0.15, 0.2) is 0 Å². The maximum absolute atomic E-state index is 10.7. The standard InChI is InChI=1S/C11H21NO4/c1-8(2)6-12(5-4-10(13)14)7-9(3)11(15)16/h8-9H,4-7H2,1-3H3,(H,13,14)(H,15,16). The Balaban J connectivity index is 4.19. The van der Waals surface area contributed by atoms with Crippen molar-refractivity contribution in [3.63, 3.8) is 0 Å². The van der Waals surface area contributed by atoms with Crippen LogP contribution in [0.1, 0.15) is 27.2 Å². The number of carbonyl (C=O) groups is 2. The topological polar surface area (TPSA) is 77.8 Å². The van der Waals surface area contributed by atoms with Gasteiger partial charge in [-0.05, 0) is 5.92 Å². The number of carboxylic acid groups (broad SMARTS) is 2. The van der Waals surface area contributed by atoms with Gasteiger partial charge in [0.05, 0.1) is 12.3 Å². The number of carboxylic acids is 2. The normalized spacial score (nSPS) is 13.1. The lowest BCUT2D eigenvalue weighted by molar-refractivity contribution is -0.141. The van der Waals surface area contributed by atoms with Crippen LogP contribution in [-0.4, -0.2) is 46.7 Å². The predicted molar refractivity (Wildman–Crippen MR) is 60.3 cm³/mol. The van der Waals surface area contributed by atoms with E-state index in [9.17, 15) is 9.59 Å². The van der Waals surface area contributed by atoms with Gasteiger partial charge in [0.1, 0.15) is 0 Å². The second kappa shape index (κ2) is 7.22. The van der Waals surface area contributed by atoms with Crippen LogP contribution in [-0.2, 0) is 9.59 Å². The summed E-state index contributed by atoms with van der Waals surface area (Å²) in [5.41, 5.74) is 0. The number of aliphatic carboxylic acids is 2. The van der Waals surface area contributed by atoms with Crippen LogP contribution >= 0.6 is 0 Å². The maximum atomic E-state index is 10.7. The molecule has 0 aliphatic carbocycles. The van der Waals surface area contributed by atoms with Crippen molar-refractivity contribution < 1.29 is 19.8 Å². The molecule has 0 aromatic rings. The summed E-state index contributed by atoms with van der Waals surface area (Å²) < 4.78 is 0. The van der Waals surface area contributed by atoms with E-state index in [1.165, 1.54) is 0 Å². The first-order valence-electron chi connectivity index (χ1n) is 5.49. The highest BCUT2D eigenvalue weighted by molar-refractivity contribution is 5.69. The van der Waals surface area contributed by atoms with Gasteiger partial charge < -0.3 is 15.1 Å². The molecule has 2 N–H and O–H groups in total. The molecular formula is C11H21NO4. The molecule has 5 nitrogen and oxygen atoms in total.